The Morgan fingerprint density at radius 1 is 1.29 bits per heavy atom. The van der Waals surface area contributed by atoms with E-state index in [0.717, 1.165) is 54.3 Å². The molecule has 2 aliphatic heterocycles. The van der Waals surface area contributed by atoms with Gasteiger partial charge in [-0.3, -0.25) is 0 Å². The predicted octanol–water partition coefficient (Wildman–Crippen LogP) is 2.42. The number of anilines is 2. The number of hydrogen-bond donors (Lipinski definition) is 4. The van der Waals surface area contributed by atoms with E-state index >= 15 is 0 Å². The first kappa shape index (κ1) is 17.4. The topological polar surface area (TPSA) is 104 Å². The number of benzene rings is 1. The first-order chi connectivity index (χ1) is 13.6. The average molecular weight is 379 g/mol. The van der Waals surface area contributed by atoms with Crippen molar-refractivity contribution in [3.8, 4) is 0 Å². The van der Waals surface area contributed by atoms with E-state index in [4.69, 9.17) is 15.5 Å². The van der Waals surface area contributed by atoms with E-state index in [0.29, 0.717) is 6.61 Å². The van der Waals surface area contributed by atoms with Gasteiger partial charge in [0.25, 0.3) is 0 Å². The summed E-state index contributed by atoms with van der Waals surface area (Å²) in [6.45, 7) is 4.39. The van der Waals surface area contributed by atoms with Crippen LogP contribution in [0.3, 0.4) is 0 Å². The van der Waals surface area contributed by atoms with Gasteiger partial charge in [-0.25, -0.2) is 15.4 Å². The van der Waals surface area contributed by atoms with E-state index < -0.39 is 0 Å². The zero-order valence-electron chi connectivity index (χ0n) is 15.9. The Kier molecular flexibility index (Phi) is 4.19. The molecule has 1 aromatic carbocycles. The average Bonchev–Trinajstić information content (AvgIpc) is 3.33. The molecule has 5 rings (SSSR count). The van der Waals surface area contributed by atoms with Gasteiger partial charge in [0.05, 0.1) is 12.8 Å². The summed E-state index contributed by atoms with van der Waals surface area (Å²) in [4.78, 5) is 14.8. The van der Waals surface area contributed by atoms with Crippen molar-refractivity contribution in [3.63, 3.8) is 0 Å². The van der Waals surface area contributed by atoms with Crippen LogP contribution in [0.2, 0.25) is 0 Å². The lowest BCUT2D eigenvalue weighted by molar-refractivity contribution is 0.0254. The van der Waals surface area contributed by atoms with Crippen LogP contribution >= 0.6 is 0 Å². The minimum Gasteiger partial charge on any atom is -0.361 e. The van der Waals surface area contributed by atoms with Gasteiger partial charge < -0.3 is 25.8 Å². The fourth-order valence-electron chi connectivity index (χ4n) is 3.84. The van der Waals surface area contributed by atoms with Crippen LogP contribution in [0.4, 0.5) is 11.6 Å². The molecule has 1 fully saturated rings. The molecule has 0 saturated carbocycles. The molecule has 28 heavy (non-hydrogen) atoms. The second-order valence-corrected chi connectivity index (χ2v) is 7.92. The maximum absolute atomic E-state index is 6.23. The first-order valence-corrected chi connectivity index (χ1v) is 9.68. The molecule has 0 aliphatic carbocycles. The molecule has 1 unspecified atom stereocenters. The second kappa shape index (κ2) is 6.73. The Balaban J connectivity index is 1.28. The number of H-pyrrole nitrogens is 1. The van der Waals surface area contributed by atoms with Crippen molar-refractivity contribution < 1.29 is 4.74 Å². The Labute approximate surface area is 163 Å². The largest absolute Gasteiger partial charge is 0.361 e. The third-order valence-electron chi connectivity index (χ3n) is 5.68. The summed E-state index contributed by atoms with van der Waals surface area (Å²) in [5, 5.41) is 1.17. The lowest BCUT2D eigenvalue weighted by atomic mass is 9.91. The number of fused-ring (bicyclic) bond motifs is 2. The molecule has 5 N–H and O–H groups in total. The van der Waals surface area contributed by atoms with E-state index in [1.165, 1.54) is 5.39 Å². The monoisotopic (exact) mass is 379 g/mol. The number of hydrogen-bond acceptors (Lipinski definition) is 7. The van der Waals surface area contributed by atoms with E-state index in [2.05, 4.69) is 50.8 Å². The van der Waals surface area contributed by atoms with Gasteiger partial charge >= 0.3 is 0 Å². The zero-order valence-corrected chi connectivity index (χ0v) is 15.9. The summed E-state index contributed by atoms with van der Waals surface area (Å²) in [6, 6.07) is 8.24. The van der Waals surface area contributed by atoms with Gasteiger partial charge in [0.15, 0.2) is 12.0 Å². The molecule has 0 amide bonds. The van der Waals surface area contributed by atoms with Crippen molar-refractivity contribution in [2.45, 2.75) is 38.1 Å². The van der Waals surface area contributed by atoms with Crippen molar-refractivity contribution in [3.05, 3.63) is 47.9 Å². The molecule has 8 heteroatoms. The maximum atomic E-state index is 6.23. The normalized spacial score (nSPS) is 20.9. The number of hydrazine groups is 1. The van der Waals surface area contributed by atoms with Crippen LogP contribution in [0.1, 0.15) is 37.3 Å². The van der Waals surface area contributed by atoms with Crippen molar-refractivity contribution >= 4 is 22.5 Å². The van der Waals surface area contributed by atoms with E-state index in [-0.39, 0.29) is 11.8 Å². The van der Waals surface area contributed by atoms with Crippen molar-refractivity contribution in [1.82, 2.24) is 20.4 Å². The Hall–Kier alpha value is -2.68. The summed E-state index contributed by atoms with van der Waals surface area (Å²) in [5.41, 5.74) is 15.4. The van der Waals surface area contributed by atoms with Gasteiger partial charge in [0.1, 0.15) is 11.5 Å². The van der Waals surface area contributed by atoms with Crippen LogP contribution in [-0.4, -0.2) is 33.6 Å². The molecule has 146 valence electrons. The molecule has 1 saturated heterocycles. The van der Waals surface area contributed by atoms with E-state index in [1.54, 1.807) is 0 Å². The van der Waals surface area contributed by atoms with Crippen molar-refractivity contribution in [2.75, 3.05) is 23.4 Å². The highest BCUT2D eigenvalue weighted by Gasteiger charge is 2.29. The molecule has 4 heterocycles. The summed E-state index contributed by atoms with van der Waals surface area (Å²) in [5.74, 6) is 1.60. The number of rotatable bonds is 4. The fourth-order valence-corrected chi connectivity index (χ4v) is 3.84. The molecule has 1 atom stereocenters. The number of piperidine rings is 1. The quantitative estimate of drug-likeness (QED) is 0.552. The lowest BCUT2D eigenvalue weighted by Crippen LogP contribution is -2.48. The van der Waals surface area contributed by atoms with E-state index in [9.17, 15) is 0 Å². The van der Waals surface area contributed by atoms with Crippen molar-refractivity contribution in [2.24, 2.45) is 5.73 Å². The van der Waals surface area contributed by atoms with Crippen LogP contribution in [0.5, 0.6) is 0 Å². The van der Waals surface area contributed by atoms with Crippen LogP contribution in [0.15, 0.2) is 36.7 Å². The van der Waals surface area contributed by atoms with Crippen LogP contribution in [0.25, 0.3) is 10.9 Å². The molecular formula is C20H25N7O. The Morgan fingerprint density at radius 2 is 2.14 bits per heavy atom. The molecule has 0 bridgehead atoms. The van der Waals surface area contributed by atoms with Gasteiger partial charge in [-0.15, -0.1) is 0 Å². The number of aromatic amines is 1. The summed E-state index contributed by atoms with van der Waals surface area (Å²) < 4.78 is 6.09. The molecule has 0 spiro atoms. The van der Waals surface area contributed by atoms with Crippen LogP contribution in [0, 0.1) is 0 Å². The maximum Gasteiger partial charge on any atom is 0.171 e. The first-order valence-electron chi connectivity index (χ1n) is 9.68. The van der Waals surface area contributed by atoms with Gasteiger partial charge in [-0.05, 0) is 37.5 Å². The van der Waals surface area contributed by atoms with E-state index in [1.807, 2.05) is 18.5 Å². The Morgan fingerprint density at radius 3 is 3.00 bits per heavy atom. The number of ether oxygens (including phenoxy) is 1. The molecule has 2 aliphatic rings. The Bertz CT molecular complexity index is 989. The minimum atomic E-state index is -0.334. The van der Waals surface area contributed by atoms with Gasteiger partial charge in [-0.1, -0.05) is 12.1 Å². The summed E-state index contributed by atoms with van der Waals surface area (Å²) in [6.07, 6.45) is 5.34. The number of aromatic nitrogens is 3. The highest BCUT2D eigenvalue weighted by molar-refractivity contribution is 5.82. The van der Waals surface area contributed by atoms with Gasteiger partial charge in [0, 0.05) is 35.7 Å². The third kappa shape index (κ3) is 3.19. The highest BCUT2D eigenvalue weighted by atomic mass is 16.5. The SMILES string of the molecule is CC1(N)CCN(c2cnc3c(n2)NNC3OCc2cccc3[nH]ccc23)CC1. The number of nitrogens with two attached hydrogens (primary N) is 1. The fraction of sp³-hybridized carbons (Fsp3) is 0.400. The van der Waals surface area contributed by atoms with Gasteiger partial charge in [0.2, 0.25) is 0 Å². The molecule has 3 aromatic rings. The summed E-state index contributed by atoms with van der Waals surface area (Å²) in [7, 11) is 0. The van der Waals surface area contributed by atoms with Gasteiger partial charge in [-0.2, -0.15) is 0 Å². The smallest absolute Gasteiger partial charge is 0.171 e. The lowest BCUT2D eigenvalue weighted by Gasteiger charge is -2.37. The number of nitrogens with one attached hydrogen (secondary N) is 3. The molecular weight excluding hydrogens is 354 g/mol. The standard InChI is InChI=1S/C20H25N7O/c1-20(21)6-9-27(10-7-20)16-11-23-17-18(24-16)25-26-19(17)28-12-13-3-2-4-15-14(13)5-8-22-15/h2-5,8,11,19,22,26H,6-7,9-10,12,21H2,1H3,(H,24,25). The highest BCUT2D eigenvalue weighted by Crippen LogP contribution is 2.30. The summed E-state index contributed by atoms with van der Waals surface area (Å²) >= 11 is 0. The van der Waals surface area contributed by atoms with Crippen LogP contribution in [-0.2, 0) is 11.3 Å². The van der Waals surface area contributed by atoms with Crippen LogP contribution < -0.4 is 21.5 Å². The second-order valence-electron chi connectivity index (χ2n) is 7.92. The molecule has 2 aromatic heterocycles. The zero-order chi connectivity index (χ0) is 19.1. The predicted molar refractivity (Wildman–Crippen MR) is 109 cm³/mol. The molecule has 0 radical (unpaired) electrons. The molecule has 8 nitrogen and oxygen atoms in total. The number of nitrogens with zero attached hydrogens (tertiary/aromatic N) is 3. The third-order valence-corrected chi connectivity index (χ3v) is 5.68. The minimum absolute atomic E-state index is 0.0816. The van der Waals surface area contributed by atoms with Crippen molar-refractivity contribution in [1.29, 1.82) is 0 Å².